The normalized spacial score (nSPS) is 11.6. The van der Waals surface area contributed by atoms with Gasteiger partial charge in [-0.3, -0.25) is 5.32 Å². The van der Waals surface area contributed by atoms with E-state index in [9.17, 15) is 22.4 Å². The molecule has 0 bridgehead atoms. The molecule has 1 aromatic carbocycles. The largest absolute Gasteiger partial charge is 0.433 e. The Hall–Kier alpha value is -3.54. The highest BCUT2D eigenvalue weighted by molar-refractivity contribution is 6.00. The number of amides is 2. The minimum atomic E-state index is -4.72. The molecule has 0 fully saturated rings. The number of nitrogens with zero attached hydrogens (tertiary/aromatic N) is 4. The number of carbonyl (C=O) groups excluding carboxylic acids is 1. The van der Waals surface area contributed by atoms with Crippen molar-refractivity contribution in [3.63, 3.8) is 0 Å². The minimum absolute atomic E-state index is 0.0601. The van der Waals surface area contributed by atoms with Gasteiger partial charge in [0.1, 0.15) is 5.82 Å². The third kappa shape index (κ3) is 6.48. The first-order chi connectivity index (χ1) is 15.1. The van der Waals surface area contributed by atoms with E-state index >= 15 is 0 Å². The quantitative estimate of drug-likeness (QED) is 0.283. The van der Waals surface area contributed by atoms with Crippen LogP contribution in [0.4, 0.5) is 39.8 Å². The number of pyridine rings is 1. The van der Waals surface area contributed by atoms with Gasteiger partial charge in [0.05, 0.1) is 0 Å². The molecule has 0 radical (unpaired) electrons. The lowest BCUT2D eigenvalue weighted by Crippen LogP contribution is -2.23. The van der Waals surface area contributed by atoms with Gasteiger partial charge in [0, 0.05) is 35.9 Å². The lowest BCUT2D eigenvalue weighted by molar-refractivity contribution is -0.141. The van der Waals surface area contributed by atoms with E-state index in [1.165, 1.54) is 18.3 Å². The minimum Gasteiger partial charge on any atom is -0.370 e. The first kappa shape index (κ1) is 23.1. The highest BCUT2D eigenvalue weighted by atomic mass is 19.4. The lowest BCUT2D eigenvalue weighted by atomic mass is 10.1. The van der Waals surface area contributed by atoms with Gasteiger partial charge in [-0.2, -0.15) is 22.5 Å². The molecular formula is C20H21F4N7O. The Kier molecular flexibility index (Phi) is 7.03. The van der Waals surface area contributed by atoms with Crippen LogP contribution in [-0.2, 0) is 6.18 Å². The SMILES string of the molecule is CN(C)CCCNc1cc(C(F)(F)F)nc(NC(=O)Nc2ccc3cnc(F)cc3c2)n1. The number of halogens is 4. The third-order valence-electron chi connectivity index (χ3n) is 4.28. The van der Waals surface area contributed by atoms with E-state index in [-0.39, 0.29) is 5.82 Å². The Bertz CT molecular complexity index is 1100. The number of hydrogen-bond donors (Lipinski definition) is 3. The van der Waals surface area contributed by atoms with Gasteiger partial charge < -0.3 is 15.5 Å². The molecule has 0 saturated heterocycles. The van der Waals surface area contributed by atoms with Crippen LogP contribution in [0.5, 0.6) is 0 Å². The molecule has 12 heteroatoms. The van der Waals surface area contributed by atoms with Crippen LogP contribution in [0.1, 0.15) is 12.1 Å². The number of fused-ring (bicyclic) bond motifs is 1. The summed E-state index contributed by atoms with van der Waals surface area (Å²) >= 11 is 0. The first-order valence-electron chi connectivity index (χ1n) is 9.58. The topological polar surface area (TPSA) is 95.1 Å². The van der Waals surface area contributed by atoms with E-state index in [2.05, 4.69) is 30.9 Å². The van der Waals surface area contributed by atoms with Gasteiger partial charge in [-0.05, 0) is 44.6 Å². The molecule has 0 aliphatic heterocycles. The van der Waals surface area contributed by atoms with Gasteiger partial charge in [-0.15, -0.1) is 0 Å². The number of nitrogens with one attached hydrogen (secondary N) is 3. The number of hydrogen-bond acceptors (Lipinski definition) is 6. The monoisotopic (exact) mass is 451 g/mol. The van der Waals surface area contributed by atoms with Crippen molar-refractivity contribution in [1.82, 2.24) is 19.9 Å². The Balaban J connectivity index is 1.73. The average molecular weight is 451 g/mol. The summed E-state index contributed by atoms with van der Waals surface area (Å²) in [5.74, 6) is -1.25. The predicted molar refractivity (Wildman–Crippen MR) is 113 cm³/mol. The van der Waals surface area contributed by atoms with Gasteiger partial charge in [0.25, 0.3) is 0 Å². The second kappa shape index (κ2) is 9.73. The molecular weight excluding hydrogens is 430 g/mol. The van der Waals surface area contributed by atoms with Gasteiger partial charge in [0.15, 0.2) is 5.69 Å². The zero-order valence-corrected chi connectivity index (χ0v) is 17.3. The van der Waals surface area contributed by atoms with Crippen LogP contribution >= 0.6 is 0 Å². The van der Waals surface area contributed by atoms with Crippen LogP contribution in [0.25, 0.3) is 10.8 Å². The van der Waals surface area contributed by atoms with Crippen molar-refractivity contribution in [1.29, 1.82) is 0 Å². The molecule has 2 aromatic heterocycles. The summed E-state index contributed by atoms with van der Waals surface area (Å²) in [5.41, 5.74) is -0.888. The molecule has 2 amide bonds. The van der Waals surface area contributed by atoms with E-state index in [4.69, 9.17) is 0 Å². The highest BCUT2D eigenvalue weighted by Gasteiger charge is 2.34. The van der Waals surface area contributed by atoms with Crippen molar-refractivity contribution in [2.24, 2.45) is 0 Å². The van der Waals surface area contributed by atoms with Crippen molar-refractivity contribution in [2.75, 3.05) is 43.1 Å². The van der Waals surface area contributed by atoms with Crippen molar-refractivity contribution >= 4 is 34.3 Å². The Morgan fingerprint density at radius 3 is 2.56 bits per heavy atom. The fourth-order valence-corrected chi connectivity index (χ4v) is 2.81. The molecule has 0 atom stereocenters. The summed E-state index contributed by atoms with van der Waals surface area (Å²) in [5, 5.41) is 8.63. The van der Waals surface area contributed by atoms with E-state index in [1.807, 2.05) is 19.0 Å². The highest BCUT2D eigenvalue weighted by Crippen LogP contribution is 2.29. The molecule has 170 valence electrons. The number of aromatic nitrogens is 3. The molecule has 0 spiro atoms. The molecule has 0 unspecified atom stereocenters. The first-order valence-corrected chi connectivity index (χ1v) is 9.58. The van der Waals surface area contributed by atoms with Crippen LogP contribution in [-0.4, -0.2) is 53.1 Å². The Morgan fingerprint density at radius 1 is 1.06 bits per heavy atom. The van der Waals surface area contributed by atoms with Crippen LogP contribution in [0.2, 0.25) is 0 Å². The molecule has 0 aliphatic rings. The second-order valence-corrected chi connectivity index (χ2v) is 7.19. The maximum Gasteiger partial charge on any atom is 0.433 e. The Labute approximate surface area is 181 Å². The number of alkyl halides is 3. The van der Waals surface area contributed by atoms with Crippen LogP contribution < -0.4 is 16.0 Å². The predicted octanol–water partition coefficient (Wildman–Crippen LogP) is 4.19. The molecule has 0 aliphatic carbocycles. The van der Waals surface area contributed by atoms with Crippen LogP contribution in [0.3, 0.4) is 0 Å². The maximum absolute atomic E-state index is 13.3. The number of anilines is 3. The second-order valence-electron chi connectivity index (χ2n) is 7.19. The van der Waals surface area contributed by atoms with Crippen molar-refractivity contribution in [2.45, 2.75) is 12.6 Å². The van der Waals surface area contributed by atoms with Gasteiger partial charge >= 0.3 is 12.2 Å². The average Bonchev–Trinajstić information content (AvgIpc) is 2.70. The van der Waals surface area contributed by atoms with Crippen LogP contribution in [0.15, 0.2) is 36.5 Å². The standard InChI is InChI=1S/C20H21F4N7O/c1-31(2)7-3-6-25-17-10-15(20(22,23)24)28-18(29-17)30-19(32)27-14-5-4-12-11-26-16(21)9-13(12)8-14/h4-5,8-11H,3,6-7H2,1-2H3,(H3,25,27,28,29,30,32). The van der Waals surface area contributed by atoms with E-state index in [0.29, 0.717) is 29.4 Å². The van der Waals surface area contributed by atoms with E-state index in [0.717, 1.165) is 12.6 Å². The zero-order valence-electron chi connectivity index (χ0n) is 17.3. The molecule has 3 rings (SSSR count). The molecule has 0 saturated carbocycles. The summed E-state index contributed by atoms with van der Waals surface area (Å²) in [7, 11) is 3.77. The molecule has 3 aromatic rings. The number of rotatable bonds is 7. The summed E-state index contributed by atoms with van der Waals surface area (Å²) in [4.78, 5) is 25.1. The van der Waals surface area contributed by atoms with Crippen molar-refractivity contribution in [3.8, 4) is 0 Å². The fourth-order valence-electron chi connectivity index (χ4n) is 2.81. The van der Waals surface area contributed by atoms with E-state index in [1.54, 1.807) is 12.1 Å². The lowest BCUT2D eigenvalue weighted by Gasteiger charge is -2.14. The fraction of sp³-hybridized carbons (Fsp3) is 0.300. The number of benzene rings is 1. The van der Waals surface area contributed by atoms with Crippen molar-refractivity contribution < 1.29 is 22.4 Å². The molecule has 2 heterocycles. The van der Waals surface area contributed by atoms with Gasteiger partial charge in [-0.25, -0.2) is 14.8 Å². The summed E-state index contributed by atoms with van der Waals surface area (Å²) in [6.45, 7) is 1.13. The van der Waals surface area contributed by atoms with Crippen LogP contribution in [0, 0.1) is 5.95 Å². The molecule has 32 heavy (non-hydrogen) atoms. The van der Waals surface area contributed by atoms with E-state index < -0.39 is 29.8 Å². The van der Waals surface area contributed by atoms with Crippen molar-refractivity contribution in [3.05, 3.63) is 48.2 Å². The third-order valence-corrected chi connectivity index (χ3v) is 4.28. The van der Waals surface area contributed by atoms with Gasteiger partial charge in [0.2, 0.25) is 11.9 Å². The smallest absolute Gasteiger partial charge is 0.370 e. The summed E-state index contributed by atoms with van der Waals surface area (Å²) < 4.78 is 53.0. The van der Waals surface area contributed by atoms with Gasteiger partial charge in [-0.1, -0.05) is 6.07 Å². The molecule has 3 N–H and O–H groups in total. The summed E-state index contributed by atoms with van der Waals surface area (Å²) in [6, 6.07) is 5.80. The zero-order chi connectivity index (χ0) is 23.3. The Morgan fingerprint density at radius 2 is 1.84 bits per heavy atom. The molecule has 8 nitrogen and oxygen atoms in total. The number of carbonyl (C=O) groups is 1. The maximum atomic E-state index is 13.3. The number of urea groups is 1. The summed E-state index contributed by atoms with van der Waals surface area (Å²) in [6.07, 6.45) is -2.69.